The lowest BCUT2D eigenvalue weighted by Crippen LogP contribution is -2.31. The summed E-state index contributed by atoms with van der Waals surface area (Å²) in [7, 11) is 0. The van der Waals surface area contributed by atoms with Crippen molar-refractivity contribution in [3.8, 4) is 0 Å². The first kappa shape index (κ1) is 12.2. The molecule has 5 nitrogen and oxygen atoms in total. The Balaban J connectivity index is 2.47. The van der Waals surface area contributed by atoms with Gasteiger partial charge in [0.1, 0.15) is 5.82 Å². The monoisotopic (exact) mass is 245 g/mol. The summed E-state index contributed by atoms with van der Waals surface area (Å²) in [6.07, 6.45) is 0.883. The van der Waals surface area contributed by atoms with Gasteiger partial charge in [0.25, 0.3) is 5.56 Å². The molecule has 0 unspecified atom stereocenters. The first-order chi connectivity index (χ1) is 8.61. The van der Waals surface area contributed by atoms with Crippen molar-refractivity contribution < 1.29 is 0 Å². The van der Waals surface area contributed by atoms with Crippen LogP contribution in [0.4, 0.5) is 5.82 Å². The van der Waals surface area contributed by atoms with Crippen LogP contribution in [0.5, 0.6) is 0 Å². The SMILES string of the molecule is CCc1ccccc1Cn1c(N)cc(=O)[nH]c1=O. The molecule has 94 valence electrons. The van der Waals surface area contributed by atoms with E-state index in [0.29, 0.717) is 6.54 Å². The van der Waals surface area contributed by atoms with E-state index in [-0.39, 0.29) is 5.82 Å². The Bertz CT molecular complexity index is 670. The highest BCUT2D eigenvalue weighted by molar-refractivity contribution is 5.31. The molecule has 1 aromatic heterocycles. The molecule has 0 fully saturated rings. The highest BCUT2D eigenvalue weighted by Crippen LogP contribution is 2.11. The van der Waals surface area contributed by atoms with Crippen molar-refractivity contribution in [2.75, 3.05) is 5.73 Å². The lowest BCUT2D eigenvalue weighted by Gasteiger charge is -2.11. The van der Waals surface area contributed by atoms with Crippen molar-refractivity contribution in [3.63, 3.8) is 0 Å². The van der Waals surface area contributed by atoms with Crippen LogP contribution in [0.2, 0.25) is 0 Å². The third-order valence-corrected chi connectivity index (χ3v) is 2.89. The molecular weight excluding hydrogens is 230 g/mol. The number of aryl methyl sites for hydroxylation is 1. The molecule has 3 N–H and O–H groups in total. The van der Waals surface area contributed by atoms with Crippen LogP contribution in [0.1, 0.15) is 18.1 Å². The largest absolute Gasteiger partial charge is 0.385 e. The van der Waals surface area contributed by atoms with Crippen molar-refractivity contribution >= 4 is 5.82 Å². The molecule has 0 aliphatic carbocycles. The van der Waals surface area contributed by atoms with Gasteiger partial charge in [-0.1, -0.05) is 31.2 Å². The number of anilines is 1. The number of aromatic amines is 1. The van der Waals surface area contributed by atoms with Crippen molar-refractivity contribution in [1.82, 2.24) is 9.55 Å². The van der Waals surface area contributed by atoms with Crippen LogP contribution in [-0.2, 0) is 13.0 Å². The lowest BCUT2D eigenvalue weighted by molar-refractivity contribution is 0.726. The van der Waals surface area contributed by atoms with E-state index in [2.05, 4.69) is 11.9 Å². The third kappa shape index (κ3) is 2.34. The normalized spacial score (nSPS) is 10.5. The summed E-state index contributed by atoms with van der Waals surface area (Å²) in [6.45, 7) is 2.42. The molecule has 0 atom stereocenters. The quantitative estimate of drug-likeness (QED) is 0.836. The van der Waals surface area contributed by atoms with Crippen LogP contribution in [0.3, 0.4) is 0 Å². The van der Waals surface area contributed by atoms with E-state index in [1.807, 2.05) is 24.3 Å². The van der Waals surface area contributed by atoms with Gasteiger partial charge in [-0.2, -0.15) is 0 Å². The third-order valence-electron chi connectivity index (χ3n) is 2.89. The number of hydrogen-bond acceptors (Lipinski definition) is 3. The molecule has 0 saturated carbocycles. The van der Waals surface area contributed by atoms with E-state index in [4.69, 9.17) is 5.73 Å². The van der Waals surface area contributed by atoms with E-state index >= 15 is 0 Å². The maximum absolute atomic E-state index is 11.7. The Kier molecular flexibility index (Phi) is 3.32. The molecule has 2 rings (SSSR count). The number of nitrogens with zero attached hydrogens (tertiary/aromatic N) is 1. The summed E-state index contributed by atoms with van der Waals surface area (Å²) in [4.78, 5) is 25.0. The smallest absolute Gasteiger partial charge is 0.330 e. The van der Waals surface area contributed by atoms with Gasteiger partial charge in [-0.25, -0.2) is 4.79 Å². The summed E-state index contributed by atoms with van der Waals surface area (Å²) in [5.41, 5.74) is 6.94. The molecule has 1 aromatic carbocycles. The van der Waals surface area contributed by atoms with Crippen LogP contribution in [0.25, 0.3) is 0 Å². The first-order valence-corrected chi connectivity index (χ1v) is 5.78. The minimum Gasteiger partial charge on any atom is -0.385 e. The minimum atomic E-state index is -0.481. The molecule has 0 radical (unpaired) electrons. The van der Waals surface area contributed by atoms with Crippen LogP contribution in [0.15, 0.2) is 39.9 Å². The molecule has 0 saturated heterocycles. The topological polar surface area (TPSA) is 80.9 Å². The maximum Gasteiger partial charge on any atom is 0.330 e. The van der Waals surface area contributed by atoms with E-state index in [9.17, 15) is 9.59 Å². The molecular formula is C13H15N3O2. The Labute approximate surface area is 104 Å². The number of aromatic nitrogens is 2. The van der Waals surface area contributed by atoms with E-state index in [1.165, 1.54) is 10.6 Å². The standard InChI is InChI=1S/C13H15N3O2/c1-2-9-5-3-4-6-10(9)8-16-11(14)7-12(17)15-13(16)18/h3-7H,2,8,14H2,1H3,(H,15,17,18). The summed E-state index contributed by atoms with van der Waals surface area (Å²) < 4.78 is 1.36. The zero-order valence-electron chi connectivity index (χ0n) is 10.1. The van der Waals surface area contributed by atoms with Gasteiger partial charge in [-0.05, 0) is 17.5 Å². The van der Waals surface area contributed by atoms with Gasteiger partial charge in [0.2, 0.25) is 0 Å². The molecule has 18 heavy (non-hydrogen) atoms. The molecule has 0 amide bonds. The molecule has 0 bridgehead atoms. The van der Waals surface area contributed by atoms with Crippen LogP contribution in [0, 0.1) is 0 Å². The van der Waals surface area contributed by atoms with Gasteiger partial charge in [0.05, 0.1) is 6.54 Å². The highest BCUT2D eigenvalue weighted by Gasteiger charge is 2.06. The van der Waals surface area contributed by atoms with Crippen LogP contribution < -0.4 is 17.0 Å². The number of benzene rings is 1. The van der Waals surface area contributed by atoms with Gasteiger partial charge >= 0.3 is 5.69 Å². The fraction of sp³-hybridized carbons (Fsp3) is 0.231. The molecule has 5 heteroatoms. The second-order valence-corrected chi connectivity index (χ2v) is 4.07. The van der Waals surface area contributed by atoms with Gasteiger partial charge in [-0.3, -0.25) is 14.3 Å². The van der Waals surface area contributed by atoms with E-state index < -0.39 is 11.2 Å². The van der Waals surface area contributed by atoms with Gasteiger partial charge in [-0.15, -0.1) is 0 Å². The number of nitrogen functional groups attached to an aromatic ring is 1. The highest BCUT2D eigenvalue weighted by atomic mass is 16.2. The summed E-state index contributed by atoms with van der Waals surface area (Å²) in [6, 6.07) is 9.07. The number of H-pyrrole nitrogens is 1. The van der Waals surface area contributed by atoms with Gasteiger partial charge < -0.3 is 5.73 Å². The summed E-state index contributed by atoms with van der Waals surface area (Å²) >= 11 is 0. The lowest BCUT2D eigenvalue weighted by atomic mass is 10.1. The van der Waals surface area contributed by atoms with Crippen LogP contribution >= 0.6 is 0 Å². The van der Waals surface area contributed by atoms with Gasteiger partial charge in [0.15, 0.2) is 0 Å². The maximum atomic E-state index is 11.7. The Morgan fingerprint density at radius 1 is 1.22 bits per heavy atom. The van der Waals surface area contributed by atoms with Crippen molar-refractivity contribution in [1.29, 1.82) is 0 Å². The number of nitrogens with two attached hydrogens (primary N) is 1. The molecule has 0 aliphatic heterocycles. The van der Waals surface area contributed by atoms with Crippen molar-refractivity contribution in [2.45, 2.75) is 19.9 Å². The van der Waals surface area contributed by atoms with E-state index in [1.54, 1.807) is 0 Å². The summed E-state index contributed by atoms with van der Waals surface area (Å²) in [5, 5.41) is 0. The molecule has 0 aliphatic rings. The predicted octanol–water partition coefficient (Wildman–Crippen LogP) is 0.730. The Morgan fingerprint density at radius 2 is 1.89 bits per heavy atom. The summed E-state index contributed by atoms with van der Waals surface area (Å²) in [5.74, 6) is 0.176. The fourth-order valence-electron chi connectivity index (χ4n) is 1.93. The number of nitrogens with one attached hydrogen (secondary N) is 1. The molecule has 0 spiro atoms. The number of hydrogen-bond donors (Lipinski definition) is 2. The molecule has 1 heterocycles. The molecule has 2 aromatic rings. The van der Waals surface area contributed by atoms with Crippen LogP contribution in [-0.4, -0.2) is 9.55 Å². The average molecular weight is 245 g/mol. The van der Waals surface area contributed by atoms with Gasteiger partial charge in [0, 0.05) is 6.07 Å². The minimum absolute atomic E-state index is 0.176. The fourth-order valence-corrected chi connectivity index (χ4v) is 1.93. The zero-order chi connectivity index (χ0) is 13.1. The average Bonchev–Trinajstić information content (AvgIpc) is 2.34. The second kappa shape index (κ2) is 4.91. The van der Waals surface area contributed by atoms with E-state index in [0.717, 1.165) is 17.5 Å². The number of rotatable bonds is 3. The predicted molar refractivity (Wildman–Crippen MR) is 70.7 cm³/mol. The van der Waals surface area contributed by atoms with Crippen molar-refractivity contribution in [3.05, 3.63) is 62.3 Å². The van der Waals surface area contributed by atoms with Crippen molar-refractivity contribution in [2.24, 2.45) is 0 Å². The first-order valence-electron chi connectivity index (χ1n) is 5.78. The second-order valence-electron chi connectivity index (χ2n) is 4.07. The Morgan fingerprint density at radius 3 is 2.50 bits per heavy atom. The zero-order valence-corrected chi connectivity index (χ0v) is 10.1. The Hall–Kier alpha value is -2.30.